The Labute approximate surface area is 137 Å². The summed E-state index contributed by atoms with van der Waals surface area (Å²) >= 11 is 5.05. The van der Waals surface area contributed by atoms with Crippen LogP contribution in [0.5, 0.6) is 0 Å². The standard InChI is InChI=1S/C17H18BrNOS/c1-2-11-3-8-15-12(9-11)10-16(21-15)17(20)19-14-6-4-13(18)5-7-14/h4-7,10-11H,2-3,8-9H2,1H3,(H,19,20)/t11-/m0/s1. The molecule has 1 amide bonds. The molecule has 0 unspecified atom stereocenters. The normalized spacial score (nSPS) is 17.3. The lowest BCUT2D eigenvalue weighted by molar-refractivity contribution is 0.103. The first-order valence-electron chi connectivity index (χ1n) is 7.34. The minimum atomic E-state index is 0.00442. The van der Waals surface area contributed by atoms with E-state index < -0.39 is 0 Å². The molecule has 0 fully saturated rings. The molecule has 0 spiro atoms. The molecule has 4 heteroatoms. The summed E-state index contributed by atoms with van der Waals surface area (Å²) in [6, 6.07) is 9.77. The van der Waals surface area contributed by atoms with Gasteiger partial charge in [0, 0.05) is 15.0 Å². The summed E-state index contributed by atoms with van der Waals surface area (Å²) in [5, 5.41) is 2.97. The van der Waals surface area contributed by atoms with Crippen LogP contribution in [0.3, 0.4) is 0 Å². The Morgan fingerprint density at radius 1 is 1.38 bits per heavy atom. The van der Waals surface area contributed by atoms with E-state index in [0.717, 1.165) is 33.8 Å². The minimum absolute atomic E-state index is 0.00442. The van der Waals surface area contributed by atoms with Crippen LogP contribution in [0.25, 0.3) is 0 Å². The highest BCUT2D eigenvalue weighted by atomic mass is 79.9. The van der Waals surface area contributed by atoms with Crippen molar-refractivity contribution >= 4 is 38.9 Å². The summed E-state index contributed by atoms with van der Waals surface area (Å²) in [4.78, 5) is 14.6. The van der Waals surface area contributed by atoms with E-state index in [9.17, 15) is 4.79 Å². The number of carbonyl (C=O) groups excluding carboxylic acids is 1. The third-order valence-corrected chi connectivity index (χ3v) is 5.85. The van der Waals surface area contributed by atoms with Gasteiger partial charge in [-0.3, -0.25) is 4.79 Å². The average molecular weight is 364 g/mol. The smallest absolute Gasteiger partial charge is 0.265 e. The number of anilines is 1. The predicted octanol–water partition coefficient (Wildman–Crippen LogP) is 5.28. The van der Waals surface area contributed by atoms with Gasteiger partial charge < -0.3 is 5.32 Å². The Kier molecular flexibility index (Phi) is 4.45. The highest BCUT2D eigenvalue weighted by Crippen LogP contribution is 2.33. The highest BCUT2D eigenvalue weighted by molar-refractivity contribution is 9.10. The first kappa shape index (κ1) is 14.8. The quantitative estimate of drug-likeness (QED) is 0.789. The number of amides is 1. The Hall–Kier alpha value is -1.13. The van der Waals surface area contributed by atoms with E-state index >= 15 is 0 Å². The number of fused-ring (bicyclic) bond motifs is 1. The number of nitrogens with one attached hydrogen (secondary N) is 1. The van der Waals surface area contributed by atoms with Crippen molar-refractivity contribution in [3.63, 3.8) is 0 Å². The maximum absolute atomic E-state index is 12.4. The Morgan fingerprint density at radius 3 is 2.86 bits per heavy atom. The van der Waals surface area contributed by atoms with Crippen LogP contribution in [0, 0.1) is 5.92 Å². The molecular formula is C17H18BrNOS. The van der Waals surface area contributed by atoms with Gasteiger partial charge in [0.25, 0.3) is 5.91 Å². The zero-order chi connectivity index (χ0) is 14.8. The van der Waals surface area contributed by atoms with Crippen LogP contribution >= 0.6 is 27.3 Å². The summed E-state index contributed by atoms with van der Waals surface area (Å²) in [6.07, 6.45) is 4.76. The van der Waals surface area contributed by atoms with Gasteiger partial charge in [-0.15, -0.1) is 11.3 Å². The van der Waals surface area contributed by atoms with Crippen LogP contribution in [-0.4, -0.2) is 5.91 Å². The molecule has 110 valence electrons. The fraction of sp³-hybridized carbons (Fsp3) is 0.353. The fourth-order valence-electron chi connectivity index (χ4n) is 2.79. The fourth-order valence-corrected chi connectivity index (χ4v) is 4.15. The highest BCUT2D eigenvalue weighted by Gasteiger charge is 2.22. The van der Waals surface area contributed by atoms with Crippen LogP contribution in [0.15, 0.2) is 34.8 Å². The number of halogens is 1. The number of rotatable bonds is 3. The van der Waals surface area contributed by atoms with E-state index in [2.05, 4.69) is 34.2 Å². The third-order valence-electron chi connectivity index (χ3n) is 4.09. The summed E-state index contributed by atoms with van der Waals surface area (Å²) in [7, 11) is 0. The maximum Gasteiger partial charge on any atom is 0.265 e. The van der Waals surface area contributed by atoms with Gasteiger partial charge >= 0.3 is 0 Å². The van der Waals surface area contributed by atoms with Crippen LogP contribution in [0.4, 0.5) is 5.69 Å². The van der Waals surface area contributed by atoms with E-state index in [1.807, 2.05) is 24.3 Å². The van der Waals surface area contributed by atoms with Crippen molar-refractivity contribution in [1.29, 1.82) is 0 Å². The molecule has 1 N–H and O–H groups in total. The molecule has 0 radical (unpaired) electrons. The van der Waals surface area contributed by atoms with Crippen molar-refractivity contribution in [3.8, 4) is 0 Å². The molecule has 0 saturated heterocycles. The van der Waals surface area contributed by atoms with Gasteiger partial charge in [0.1, 0.15) is 0 Å². The zero-order valence-electron chi connectivity index (χ0n) is 12.0. The molecule has 21 heavy (non-hydrogen) atoms. The second kappa shape index (κ2) is 6.32. The SMILES string of the molecule is CC[C@H]1CCc2sc(C(=O)Nc3ccc(Br)cc3)cc2C1. The number of aryl methyl sites for hydroxylation is 1. The summed E-state index contributed by atoms with van der Waals surface area (Å²) in [5.74, 6) is 0.791. The Balaban J connectivity index is 1.74. The van der Waals surface area contributed by atoms with E-state index in [-0.39, 0.29) is 5.91 Å². The van der Waals surface area contributed by atoms with Gasteiger partial charge in [-0.1, -0.05) is 29.3 Å². The van der Waals surface area contributed by atoms with Crippen LogP contribution < -0.4 is 5.32 Å². The second-order valence-electron chi connectivity index (χ2n) is 5.54. The van der Waals surface area contributed by atoms with Crippen molar-refractivity contribution in [2.75, 3.05) is 5.32 Å². The lowest BCUT2D eigenvalue weighted by Gasteiger charge is -2.19. The molecule has 1 aliphatic rings. The van der Waals surface area contributed by atoms with Gasteiger partial charge in [0.05, 0.1) is 4.88 Å². The van der Waals surface area contributed by atoms with Gasteiger partial charge in [-0.05, 0) is 61.1 Å². The zero-order valence-corrected chi connectivity index (χ0v) is 14.4. The number of hydrogen-bond donors (Lipinski definition) is 1. The lowest BCUT2D eigenvalue weighted by Crippen LogP contribution is -2.11. The molecule has 0 saturated carbocycles. The number of thiophene rings is 1. The predicted molar refractivity (Wildman–Crippen MR) is 92.2 cm³/mol. The molecule has 3 rings (SSSR count). The van der Waals surface area contributed by atoms with Crippen molar-refractivity contribution in [3.05, 3.63) is 50.1 Å². The summed E-state index contributed by atoms with van der Waals surface area (Å²) in [5.41, 5.74) is 2.22. The first-order chi connectivity index (χ1) is 10.2. The molecule has 1 atom stereocenters. The Bertz CT molecular complexity index is 647. The third kappa shape index (κ3) is 3.38. The number of carbonyl (C=O) groups is 1. The molecule has 2 nitrogen and oxygen atoms in total. The molecule has 1 aliphatic carbocycles. The minimum Gasteiger partial charge on any atom is -0.321 e. The van der Waals surface area contributed by atoms with E-state index in [1.54, 1.807) is 11.3 Å². The molecule has 1 aromatic carbocycles. The molecule has 2 aromatic rings. The van der Waals surface area contributed by atoms with Gasteiger partial charge in [-0.2, -0.15) is 0 Å². The average Bonchev–Trinajstić information content (AvgIpc) is 2.92. The molecule has 0 bridgehead atoms. The molecule has 1 aromatic heterocycles. The van der Waals surface area contributed by atoms with Crippen molar-refractivity contribution in [2.45, 2.75) is 32.6 Å². The van der Waals surface area contributed by atoms with E-state index in [0.29, 0.717) is 0 Å². The number of benzene rings is 1. The molecular weight excluding hydrogens is 346 g/mol. The molecule has 0 aliphatic heterocycles. The topological polar surface area (TPSA) is 29.1 Å². The number of hydrogen-bond acceptors (Lipinski definition) is 2. The lowest BCUT2D eigenvalue weighted by atomic mass is 9.87. The molecule has 1 heterocycles. The van der Waals surface area contributed by atoms with Gasteiger partial charge in [0.15, 0.2) is 0 Å². The van der Waals surface area contributed by atoms with Crippen LogP contribution in [0.2, 0.25) is 0 Å². The van der Waals surface area contributed by atoms with Crippen molar-refractivity contribution < 1.29 is 4.79 Å². The Morgan fingerprint density at radius 2 is 2.14 bits per heavy atom. The van der Waals surface area contributed by atoms with E-state index in [1.165, 1.54) is 23.3 Å². The first-order valence-corrected chi connectivity index (χ1v) is 8.95. The second-order valence-corrected chi connectivity index (χ2v) is 7.59. The van der Waals surface area contributed by atoms with E-state index in [4.69, 9.17) is 0 Å². The van der Waals surface area contributed by atoms with Gasteiger partial charge in [0.2, 0.25) is 0 Å². The van der Waals surface area contributed by atoms with Gasteiger partial charge in [-0.25, -0.2) is 0 Å². The summed E-state index contributed by atoms with van der Waals surface area (Å²) in [6.45, 7) is 2.25. The summed E-state index contributed by atoms with van der Waals surface area (Å²) < 4.78 is 1.01. The van der Waals surface area contributed by atoms with Crippen LogP contribution in [0.1, 0.15) is 39.9 Å². The van der Waals surface area contributed by atoms with Crippen molar-refractivity contribution in [2.24, 2.45) is 5.92 Å². The van der Waals surface area contributed by atoms with Crippen molar-refractivity contribution in [1.82, 2.24) is 0 Å². The monoisotopic (exact) mass is 363 g/mol. The largest absolute Gasteiger partial charge is 0.321 e. The van der Waals surface area contributed by atoms with Crippen LogP contribution in [-0.2, 0) is 12.8 Å². The maximum atomic E-state index is 12.4.